The fraction of sp³-hybridized carbons (Fsp3) is 0.167. The molecular weight excluding hydrogens is 551 g/mol. The van der Waals surface area contributed by atoms with Gasteiger partial charge in [-0.05, 0) is 61.4 Å². The highest BCUT2D eigenvalue weighted by Crippen LogP contribution is 2.39. The van der Waals surface area contributed by atoms with Crippen molar-refractivity contribution in [3.8, 4) is 5.69 Å². The smallest absolute Gasteiger partial charge is 0.271 e. The summed E-state index contributed by atoms with van der Waals surface area (Å²) in [6.07, 6.45) is 1.62. The summed E-state index contributed by atoms with van der Waals surface area (Å²) in [7, 11) is 0. The summed E-state index contributed by atoms with van der Waals surface area (Å²) in [6.45, 7) is 4.48. The lowest BCUT2D eigenvalue weighted by Gasteiger charge is -2.24. The van der Waals surface area contributed by atoms with Gasteiger partial charge in [0, 0.05) is 34.1 Å². The predicted molar refractivity (Wildman–Crippen MR) is 159 cm³/mol. The molecule has 5 rings (SSSR count). The van der Waals surface area contributed by atoms with Crippen molar-refractivity contribution in [1.82, 2.24) is 14.9 Å². The molecule has 9 heteroatoms. The molecule has 4 aromatic rings. The predicted octanol–water partition coefficient (Wildman–Crippen LogP) is 6.94. The Bertz CT molecular complexity index is 1550. The Morgan fingerprint density at radius 1 is 1.05 bits per heavy atom. The summed E-state index contributed by atoms with van der Waals surface area (Å²) in [6, 6.07) is 24.6. The number of hydrazone groups is 1. The Kier molecular flexibility index (Phi) is 8.12. The van der Waals surface area contributed by atoms with Crippen LogP contribution in [0.25, 0.3) is 5.69 Å². The van der Waals surface area contributed by atoms with Crippen LogP contribution in [-0.2, 0) is 11.3 Å². The van der Waals surface area contributed by atoms with Crippen molar-refractivity contribution in [2.75, 3.05) is 5.75 Å². The average Bonchev–Trinajstić information content (AvgIpc) is 3.43. The third-order valence-electron chi connectivity index (χ3n) is 6.61. The zero-order chi connectivity index (χ0) is 27.5. The molecule has 0 saturated carbocycles. The molecule has 1 unspecified atom stereocenters. The molecule has 2 amide bonds. The maximum atomic E-state index is 12.8. The number of hydrogen-bond acceptors (Lipinski definition) is 4. The van der Waals surface area contributed by atoms with E-state index in [1.54, 1.807) is 42.2 Å². The maximum absolute atomic E-state index is 12.8. The van der Waals surface area contributed by atoms with Crippen LogP contribution in [-0.4, -0.2) is 33.2 Å². The molecule has 39 heavy (non-hydrogen) atoms. The Morgan fingerprint density at radius 3 is 2.54 bits per heavy atom. The largest absolute Gasteiger partial charge is 0.322 e. The van der Waals surface area contributed by atoms with Crippen molar-refractivity contribution in [3.63, 3.8) is 0 Å². The van der Waals surface area contributed by atoms with E-state index in [9.17, 15) is 9.59 Å². The zero-order valence-electron chi connectivity index (χ0n) is 21.4. The van der Waals surface area contributed by atoms with E-state index < -0.39 is 0 Å². The summed E-state index contributed by atoms with van der Waals surface area (Å²) in [5.41, 5.74) is 8.67. The van der Waals surface area contributed by atoms with Gasteiger partial charge in [0.15, 0.2) is 0 Å². The van der Waals surface area contributed by atoms with Gasteiger partial charge in [-0.15, -0.1) is 11.8 Å². The number of carbonyl (C=O) groups excluding carboxylic acids is 2. The minimum absolute atomic E-state index is 0.0870. The van der Waals surface area contributed by atoms with Crippen LogP contribution in [0.3, 0.4) is 0 Å². The van der Waals surface area contributed by atoms with E-state index in [1.807, 2.05) is 77.9 Å². The number of aromatic nitrogens is 1. The fourth-order valence-corrected chi connectivity index (χ4v) is 6.21. The van der Waals surface area contributed by atoms with E-state index in [2.05, 4.69) is 10.5 Å². The first-order valence-corrected chi connectivity index (χ1v) is 14.1. The van der Waals surface area contributed by atoms with Crippen molar-refractivity contribution in [2.45, 2.75) is 25.8 Å². The van der Waals surface area contributed by atoms with E-state index in [0.29, 0.717) is 27.9 Å². The summed E-state index contributed by atoms with van der Waals surface area (Å²) in [4.78, 5) is 27.2. The molecule has 0 aliphatic carbocycles. The van der Waals surface area contributed by atoms with Crippen LogP contribution < -0.4 is 5.43 Å². The van der Waals surface area contributed by atoms with Gasteiger partial charge < -0.3 is 9.47 Å². The monoisotopic (exact) mass is 576 g/mol. The van der Waals surface area contributed by atoms with Gasteiger partial charge in [0.2, 0.25) is 5.91 Å². The van der Waals surface area contributed by atoms with Gasteiger partial charge in [-0.2, -0.15) is 5.10 Å². The van der Waals surface area contributed by atoms with Crippen LogP contribution in [0.2, 0.25) is 10.0 Å². The second kappa shape index (κ2) is 11.7. The topological polar surface area (TPSA) is 66.7 Å². The Balaban J connectivity index is 1.26. The van der Waals surface area contributed by atoms with Crippen LogP contribution in [0.5, 0.6) is 0 Å². The summed E-state index contributed by atoms with van der Waals surface area (Å²) < 4.78 is 2.00. The summed E-state index contributed by atoms with van der Waals surface area (Å²) >= 11 is 14.2. The van der Waals surface area contributed by atoms with Gasteiger partial charge in [-0.1, -0.05) is 65.7 Å². The quantitative estimate of drug-likeness (QED) is 0.191. The first kappa shape index (κ1) is 27.1. The highest BCUT2D eigenvalue weighted by molar-refractivity contribution is 8.00. The van der Waals surface area contributed by atoms with Crippen molar-refractivity contribution in [2.24, 2.45) is 5.10 Å². The van der Waals surface area contributed by atoms with Gasteiger partial charge >= 0.3 is 0 Å². The second-order valence-electron chi connectivity index (χ2n) is 9.25. The SMILES string of the molecule is Cc1cc(/C=N/NC(=O)c2ccc(C3SCC(=O)N3Cc3ccccc3)cc2)c(C)n1-c1cc(Cl)ccc1Cl. The van der Waals surface area contributed by atoms with Gasteiger partial charge in [0.25, 0.3) is 5.91 Å². The summed E-state index contributed by atoms with van der Waals surface area (Å²) in [5.74, 6) is 0.237. The van der Waals surface area contributed by atoms with E-state index in [1.165, 1.54) is 0 Å². The van der Waals surface area contributed by atoms with Crippen molar-refractivity contribution >= 4 is 53.0 Å². The Morgan fingerprint density at radius 2 is 1.79 bits per heavy atom. The molecule has 1 fully saturated rings. The van der Waals surface area contributed by atoms with Gasteiger partial charge in [0.05, 0.1) is 22.7 Å². The molecule has 1 aromatic heterocycles. The number of halogens is 2. The minimum Gasteiger partial charge on any atom is -0.322 e. The van der Waals surface area contributed by atoms with Crippen LogP contribution in [0.15, 0.2) is 84.0 Å². The number of thioether (sulfide) groups is 1. The van der Waals surface area contributed by atoms with Crippen molar-refractivity contribution < 1.29 is 9.59 Å². The molecule has 1 atom stereocenters. The molecule has 1 aliphatic rings. The van der Waals surface area contributed by atoms with Crippen LogP contribution in [0.4, 0.5) is 0 Å². The van der Waals surface area contributed by atoms with Gasteiger partial charge in [-0.3, -0.25) is 9.59 Å². The number of benzene rings is 3. The Labute approximate surface area is 241 Å². The number of nitrogens with one attached hydrogen (secondary N) is 1. The highest BCUT2D eigenvalue weighted by Gasteiger charge is 2.32. The first-order valence-electron chi connectivity index (χ1n) is 12.3. The van der Waals surface area contributed by atoms with E-state index in [-0.39, 0.29) is 17.2 Å². The molecular formula is C30H26Cl2N4O2S. The minimum atomic E-state index is -0.319. The normalized spacial score (nSPS) is 15.3. The molecule has 0 bridgehead atoms. The molecule has 198 valence electrons. The highest BCUT2D eigenvalue weighted by atomic mass is 35.5. The molecule has 1 N–H and O–H groups in total. The number of amides is 2. The molecule has 1 saturated heterocycles. The Hall–Kier alpha value is -3.52. The second-order valence-corrected chi connectivity index (χ2v) is 11.2. The molecule has 0 spiro atoms. The number of nitrogens with zero attached hydrogens (tertiary/aromatic N) is 3. The summed E-state index contributed by atoms with van der Waals surface area (Å²) in [5, 5.41) is 5.28. The fourth-order valence-electron chi connectivity index (χ4n) is 4.65. The lowest BCUT2D eigenvalue weighted by atomic mass is 10.1. The van der Waals surface area contributed by atoms with Crippen LogP contribution in [0.1, 0.15) is 43.8 Å². The number of aryl methyl sites for hydroxylation is 1. The van der Waals surface area contributed by atoms with E-state index in [0.717, 1.165) is 33.8 Å². The molecule has 1 aliphatic heterocycles. The lowest BCUT2D eigenvalue weighted by molar-refractivity contribution is -0.128. The van der Waals surface area contributed by atoms with Crippen molar-refractivity contribution in [1.29, 1.82) is 0 Å². The zero-order valence-corrected chi connectivity index (χ0v) is 23.7. The average molecular weight is 578 g/mol. The van der Waals surface area contributed by atoms with Crippen molar-refractivity contribution in [3.05, 3.63) is 123 Å². The van der Waals surface area contributed by atoms with E-state index >= 15 is 0 Å². The van der Waals surface area contributed by atoms with E-state index in [4.69, 9.17) is 23.2 Å². The molecule has 2 heterocycles. The molecule has 0 radical (unpaired) electrons. The molecule has 6 nitrogen and oxygen atoms in total. The third-order valence-corrected chi connectivity index (χ3v) is 8.42. The number of hydrogen-bond donors (Lipinski definition) is 1. The number of carbonyl (C=O) groups is 2. The van der Waals surface area contributed by atoms with Gasteiger partial charge in [0.1, 0.15) is 5.37 Å². The lowest BCUT2D eigenvalue weighted by Crippen LogP contribution is -2.27. The third kappa shape index (κ3) is 5.91. The standard InChI is InChI=1S/C30H26Cl2N4O2S/c1-19-14-24(20(2)36(19)27-15-25(31)12-13-26(27)32)16-33-34-29(38)22-8-10-23(11-9-22)30-35(28(37)18-39-30)17-21-6-4-3-5-7-21/h3-16,30H,17-18H2,1-2H3,(H,34,38)/b33-16+. The van der Waals surface area contributed by atoms with Crippen LogP contribution in [0, 0.1) is 13.8 Å². The first-order chi connectivity index (χ1) is 18.8. The van der Waals surface area contributed by atoms with Crippen LogP contribution >= 0.6 is 35.0 Å². The maximum Gasteiger partial charge on any atom is 0.271 e. The van der Waals surface area contributed by atoms with Gasteiger partial charge in [-0.25, -0.2) is 5.43 Å². The number of rotatable bonds is 7. The molecule has 3 aromatic carbocycles.